The van der Waals surface area contributed by atoms with E-state index in [-0.39, 0.29) is 18.1 Å². The van der Waals surface area contributed by atoms with Crippen molar-refractivity contribution in [2.75, 3.05) is 26.1 Å². The van der Waals surface area contributed by atoms with Crippen LogP contribution >= 0.6 is 6.89 Å². The topological polar surface area (TPSA) is 131 Å². The maximum absolute atomic E-state index is 12.1. The highest BCUT2D eigenvalue weighted by Crippen LogP contribution is 2.39. The molecule has 26 heavy (non-hydrogen) atoms. The van der Waals surface area contributed by atoms with Crippen molar-refractivity contribution in [3.8, 4) is 5.75 Å². The molecule has 9 nitrogen and oxygen atoms in total. The Morgan fingerprint density at radius 3 is 2.62 bits per heavy atom. The Kier molecular flexibility index (Phi) is 6.29. The summed E-state index contributed by atoms with van der Waals surface area (Å²) in [6, 6.07) is 0. The Bertz CT molecular complexity index is 825. The van der Waals surface area contributed by atoms with Crippen LogP contribution in [0, 0.1) is 0 Å². The van der Waals surface area contributed by atoms with Crippen molar-refractivity contribution in [2.24, 2.45) is 0 Å². The standard InChI is InChI=1S/C16H25N2O7P/c1-9(19)8-24-11-7-18(16(23)17-14(11)22)15-13(21)12(20)10(25-15)5-6-26(2,3)4/h7,10,12-13,15,20-21H,2,5-6,8H2,1,3-4H3,(H,17,22,23)/t10?,12-,13-,15-/m1/s1. The molecule has 146 valence electrons. The summed E-state index contributed by atoms with van der Waals surface area (Å²) in [5, 5.41) is 20.5. The smallest absolute Gasteiger partial charge is 0.330 e. The lowest BCUT2D eigenvalue weighted by Crippen LogP contribution is -2.38. The summed E-state index contributed by atoms with van der Waals surface area (Å²) in [4.78, 5) is 37.0. The summed E-state index contributed by atoms with van der Waals surface area (Å²) in [5.41, 5.74) is -1.60. The molecule has 10 heteroatoms. The number of aliphatic hydroxyl groups is 2. The third-order valence-electron chi connectivity index (χ3n) is 4.00. The maximum Gasteiger partial charge on any atom is 0.330 e. The van der Waals surface area contributed by atoms with E-state index in [0.29, 0.717) is 6.42 Å². The second-order valence-corrected chi connectivity index (χ2v) is 11.5. The van der Waals surface area contributed by atoms with Gasteiger partial charge in [0, 0.05) is 0 Å². The van der Waals surface area contributed by atoms with E-state index in [4.69, 9.17) is 9.47 Å². The molecule has 1 aromatic rings. The normalized spacial score (nSPS) is 26.0. The van der Waals surface area contributed by atoms with E-state index in [9.17, 15) is 24.6 Å². The lowest BCUT2D eigenvalue weighted by Gasteiger charge is -2.19. The number of ketones is 1. The van der Waals surface area contributed by atoms with Crippen LogP contribution in [-0.2, 0) is 9.53 Å². The van der Waals surface area contributed by atoms with Crippen LogP contribution in [0.5, 0.6) is 5.75 Å². The number of nitrogens with one attached hydrogen (secondary N) is 1. The van der Waals surface area contributed by atoms with Crippen LogP contribution in [0.3, 0.4) is 0 Å². The first-order valence-electron chi connectivity index (χ1n) is 8.16. The van der Waals surface area contributed by atoms with Crippen molar-refractivity contribution >= 4 is 19.0 Å². The van der Waals surface area contributed by atoms with Gasteiger partial charge in [0.25, 0.3) is 5.56 Å². The van der Waals surface area contributed by atoms with E-state index in [1.165, 1.54) is 6.92 Å². The Morgan fingerprint density at radius 1 is 1.38 bits per heavy atom. The SMILES string of the molecule is C=P(C)(C)CCC1O[C@@H](n2cc(OCC(C)=O)c(=O)[nH]c2=O)[C@H](O)[C@@H]1O. The quantitative estimate of drug-likeness (QED) is 0.523. The van der Waals surface area contributed by atoms with Gasteiger partial charge in [0.15, 0.2) is 12.0 Å². The summed E-state index contributed by atoms with van der Waals surface area (Å²) in [7, 11) is 0. The first-order chi connectivity index (χ1) is 12.0. The zero-order chi connectivity index (χ0) is 19.6. The highest BCUT2D eigenvalue weighted by molar-refractivity contribution is 7.72. The molecule has 1 aromatic heterocycles. The molecule has 2 rings (SSSR count). The summed E-state index contributed by atoms with van der Waals surface area (Å²) in [6.07, 6.45) is 2.06. The maximum atomic E-state index is 12.1. The van der Waals surface area contributed by atoms with E-state index in [1.54, 1.807) is 0 Å². The van der Waals surface area contributed by atoms with Gasteiger partial charge in [0.05, 0.1) is 12.3 Å². The number of Topliss-reactive ketones (excluding diaryl/α,β-unsaturated/α-hetero) is 1. The number of aromatic nitrogens is 2. The number of carbonyl (C=O) groups is 1. The molecule has 0 amide bonds. The molecule has 0 bridgehead atoms. The molecule has 0 radical (unpaired) electrons. The third kappa shape index (κ3) is 4.94. The van der Waals surface area contributed by atoms with E-state index in [2.05, 4.69) is 11.3 Å². The molecule has 0 spiro atoms. The molecule has 1 aliphatic heterocycles. The molecule has 1 unspecified atom stereocenters. The average Bonchev–Trinajstić information content (AvgIpc) is 2.79. The van der Waals surface area contributed by atoms with Crippen LogP contribution < -0.4 is 16.0 Å². The minimum Gasteiger partial charge on any atom is -0.479 e. The third-order valence-corrected chi connectivity index (χ3v) is 5.47. The lowest BCUT2D eigenvalue weighted by molar-refractivity contribution is -0.118. The number of hydrogen-bond donors (Lipinski definition) is 3. The van der Waals surface area contributed by atoms with Crippen molar-refractivity contribution in [3.63, 3.8) is 0 Å². The first kappa shape index (κ1) is 20.6. The molecular weight excluding hydrogens is 363 g/mol. The van der Waals surface area contributed by atoms with E-state index < -0.39 is 42.7 Å². The van der Waals surface area contributed by atoms with Crippen LogP contribution in [0.15, 0.2) is 15.8 Å². The Morgan fingerprint density at radius 2 is 2.04 bits per heavy atom. The van der Waals surface area contributed by atoms with Gasteiger partial charge < -0.3 is 19.7 Å². The van der Waals surface area contributed by atoms with Gasteiger partial charge in [-0.3, -0.25) is 19.1 Å². The predicted octanol–water partition coefficient (Wildman–Crippen LogP) is -0.777. The van der Waals surface area contributed by atoms with Crippen molar-refractivity contribution in [1.29, 1.82) is 0 Å². The number of nitrogens with zero attached hydrogens (tertiary/aromatic N) is 1. The number of H-pyrrole nitrogens is 1. The zero-order valence-electron chi connectivity index (χ0n) is 15.0. The number of carbonyl (C=O) groups excluding carboxylic acids is 1. The van der Waals surface area contributed by atoms with Gasteiger partial charge in [0.1, 0.15) is 18.8 Å². The monoisotopic (exact) mass is 388 g/mol. The minimum atomic E-state index is -1.35. The molecule has 4 atom stereocenters. The Balaban J connectivity index is 2.25. The molecule has 1 fully saturated rings. The fraction of sp³-hybridized carbons (Fsp3) is 0.625. The van der Waals surface area contributed by atoms with E-state index in [0.717, 1.165) is 16.9 Å². The minimum absolute atomic E-state index is 0.252. The molecule has 0 saturated carbocycles. The van der Waals surface area contributed by atoms with Crippen molar-refractivity contribution < 1.29 is 24.5 Å². The Labute approximate surface area is 150 Å². The van der Waals surface area contributed by atoms with E-state index in [1.807, 2.05) is 13.3 Å². The summed E-state index contributed by atoms with van der Waals surface area (Å²) in [5.74, 6) is -0.549. The van der Waals surface area contributed by atoms with Crippen LogP contribution in [-0.4, -0.2) is 76.3 Å². The van der Waals surface area contributed by atoms with Crippen molar-refractivity contribution in [3.05, 3.63) is 27.0 Å². The van der Waals surface area contributed by atoms with Gasteiger partial charge >= 0.3 is 5.69 Å². The molecule has 0 aromatic carbocycles. The number of ether oxygens (including phenoxy) is 2. The second-order valence-electron chi connectivity index (χ2n) is 7.14. The highest BCUT2D eigenvalue weighted by atomic mass is 31.2. The van der Waals surface area contributed by atoms with Crippen LogP contribution in [0.1, 0.15) is 19.6 Å². The number of aliphatic hydroxyl groups excluding tert-OH is 2. The van der Waals surface area contributed by atoms with Gasteiger partial charge in [-0.2, -0.15) is 0 Å². The summed E-state index contributed by atoms with van der Waals surface area (Å²) in [6.45, 7) is 3.72. The van der Waals surface area contributed by atoms with Crippen molar-refractivity contribution in [1.82, 2.24) is 9.55 Å². The largest absolute Gasteiger partial charge is 0.479 e. The van der Waals surface area contributed by atoms with Gasteiger partial charge in [-0.05, 0) is 32.8 Å². The van der Waals surface area contributed by atoms with Gasteiger partial charge in [-0.15, -0.1) is 13.2 Å². The number of hydrogen-bond acceptors (Lipinski definition) is 7. The van der Waals surface area contributed by atoms with Gasteiger partial charge in [0.2, 0.25) is 5.75 Å². The van der Waals surface area contributed by atoms with Crippen LogP contribution in [0.4, 0.5) is 0 Å². The average molecular weight is 388 g/mol. The van der Waals surface area contributed by atoms with Crippen LogP contribution in [0.25, 0.3) is 0 Å². The van der Waals surface area contributed by atoms with E-state index >= 15 is 0 Å². The van der Waals surface area contributed by atoms with Crippen LogP contribution in [0.2, 0.25) is 0 Å². The number of aromatic amines is 1. The highest BCUT2D eigenvalue weighted by Gasteiger charge is 2.44. The Hall–Kier alpha value is -1.67. The fourth-order valence-corrected chi connectivity index (χ4v) is 3.57. The molecule has 1 aliphatic rings. The fourth-order valence-electron chi connectivity index (χ4n) is 2.61. The van der Waals surface area contributed by atoms with Crippen molar-refractivity contribution in [2.45, 2.75) is 37.9 Å². The van der Waals surface area contributed by atoms with Gasteiger partial charge in [-0.25, -0.2) is 4.79 Å². The molecule has 3 N–H and O–H groups in total. The molecule has 2 heterocycles. The lowest BCUT2D eigenvalue weighted by atomic mass is 10.1. The zero-order valence-corrected chi connectivity index (χ0v) is 15.9. The molecule has 1 saturated heterocycles. The van der Waals surface area contributed by atoms with Gasteiger partial charge in [-0.1, -0.05) is 0 Å². The molecular formula is C16H25N2O7P. The summed E-state index contributed by atoms with van der Waals surface area (Å²) < 4.78 is 11.7. The summed E-state index contributed by atoms with van der Waals surface area (Å²) >= 11 is 0. The molecule has 0 aliphatic carbocycles. The first-order valence-corrected chi connectivity index (χ1v) is 11.2. The second kappa shape index (κ2) is 7.92. The number of rotatable bonds is 7. The predicted molar refractivity (Wildman–Crippen MR) is 98.8 cm³/mol.